The van der Waals surface area contributed by atoms with E-state index in [0.717, 1.165) is 32.2 Å². The Hall–Kier alpha value is -0.620. The number of sulfone groups is 1. The fourth-order valence-electron chi connectivity index (χ4n) is 2.97. The van der Waals surface area contributed by atoms with Crippen molar-refractivity contribution in [3.8, 4) is 0 Å². The van der Waals surface area contributed by atoms with Crippen molar-refractivity contribution in [2.45, 2.75) is 24.0 Å². The van der Waals surface area contributed by atoms with E-state index in [4.69, 9.17) is 5.73 Å². The summed E-state index contributed by atoms with van der Waals surface area (Å²) in [7, 11) is -3.40. The van der Waals surface area contributed by atoms with Crippen LogP contribution in [0.4, 0.5) is 0 Å². The first-order chi connectivity index (χ1) is 6.86. The van der Waals surface area contributed by atoms with Crippen LogP contribution in [-0.4, -0.2) is 38.4 Å². The molecular formula is C9H16N2O3S. The van der Waals surface area contributed by atoms with Crippen LogP contribution in [0.1, 0.15) is 19.3 Å². The number of nitrogens with one attached hydrogen (secondary N) is 1. The summed E-state index contributed by atoms with van der Waals surface area (Å²) in [5.74, 6) is -0.674. The Morgan fingerprint density at radius 1 is 1.33 bits per heavy atom. The molecule has 15 heavy (non-hydrogen) atoms. The van der Waals surface area contributed by atoms with E-state index in [0.29, 0.717) is 6.42 Å². The molecule has 1 saturated carbocycles. The Bertz CT molecular complexity index is 398. The van der Waals surface area contributed by atoms with Gasteiger partial charge in [-0.25, -0.2) is 8.42 Å². The van der Waals surface area contributed by atoms with Gasteiger partial charge in [0.2, 0.25) is 5.91 Å². The number of hydrogen-bond donors (Lipinski definition) is 2. The zero-order chi connectivity index (χ0) is 11.3. The summed E-state index contributed by atoms with van der Waals surface area (Å²) in [6.45, 7) is 1.54. The van der Waals surface area contributed by atoms with Gasteiger partial charge in [0.15, 0.2) is 14.6 Å². The Kier molecular flexibility index (Phi) is 2.14. The monoisotopic (exact) mass is 232 g/mol. The van der Waals surface area contributed by atoms with Crippen LogP contribution in [0.15, 0.2) is 0 Å². The normalized spacial score (nSPS) is 33.9. The van der Waals surface area contributed by atoms with E-state index in [-0.39, 0.29) is 5.41 Å². The Balaban J connectivity index is 2.38. The molecule has 6 heteroatoms. The predicted octanol–water partition coefficient (Wildman–Crippen LogP) is -0.971. The molecule has 1 saturated heterocycles. The van der Waals surface area contributed by atoms with Gasteiger partial charge in [0.25, 0.3) is 0 Å². The van der Waals surface area contributed by atoms with Gasteiger partial charge >= 0.3 is 0 Å². The number of hydrogen-bond acceptors (Lipinski definition) is 4. The molecule has 1 amide bonds. The highest BCUT2D eigenvalue weighted by atomic mass is 32.2. The standard InChI is InChI=1S/C9H16N2O3S/c1-15(13,14)9(7(10)12)6-8(9)2-4-11-5-3-8/h11H,2-6H2,1H3,(H2,10,12). The molecule has 1 aliphatic heterocycles. The average molecular weight is 232 g/mol. The Morgan fingerprint density at radius 2 is 1.87 bits per heavy atom. The van der Waals surface area contributed by atoms with Crippen molar-refractivity contribution in [1.82, 2.24) is 5.32 Å². The Morgan fingerprint density at radius 3 is 2.20 bits per heavy atom. The van der Waals surface area contributed by atoms with Gasteiger partial charge in [-0.2, -0.15) is 0 Å². The van der Waals surface area contributed by atoms with Gasteiger partial charge < -0.3 is 11.1 Å². The number of carbonyl (C=O) groups excluding carboxylic acids is 1. The van der Waals surface area contributed by atoms with E-state index >= 15 is 0 Å². The molecule has 1 heterocycles. The topological polar surface area (TPSA) is 89.3 Å². The van der Waals surface area contributed by atoms with E-state index in [1.807, 2.05) is 0 Å². The average Bonchev–Trinajstić information content (AvgIpc) is 2.76. The number of rotatable bonds is 2. The van der Waals surface area contributed by atoms with Crippen molar-refractivity contribution in [3.63, 3.8) is 0 Å². The zero-order valence-corrected chi connectivity index (χ0v) is 9.56. The summed E-state index contributed by atoms with van der Waals surface area (Å²) in [4.78, 5) is 11.4. The van der Waals surface area contributed by atoms with Crippen molar-refractivity contribution in [1.29, 1.82) is 0 Å². The quantitative estimate of drug-likeness (QED) is 0.641. The first-order valence-electron chi connectivity index (χ1n) is 5.06. The summed E-state index contributed by atoms with van der Waals surface area (Å²) in [6.07, 6.45) is 2.98. The van der Waals surface area contributed by atoms with Gasteiger partial charge in [0.05, 0.1) is 0 Å². The molecule has 2 aliphatic rings. The largest absolute Gasteiger partial charge is 0.368 e. The highest BCUT2D eigenvalue weighted by Gasteiger charge is 2.76. The number of primary amides is 1. The van der Waals surface area contributed by atoms with Crippen molar-refractivity contribution >= 4 is 15.7 Å². The molecule has 0 aromatic carbocycles. The molecule has 2 fully saturated rings. The van der Waals surface area contributed by atoms with Crippen molar-refractivity contribution < 1.29 is 13.2 Å². The molecule has 0 bridgehead atoms. The van der Waals surface area contributed by atoms with Gasteiger partial charge in [0, 0.05) is 11.7 Å². The van der Waals surface area contributed by atoms with Crippen molar-refractivity contribution in [3.05, 3.63) is 0 Å². The minimum absolute atomic E-state index is 0.377. The summed E-state index contributed by atoms with van der Waals surface area (Å²) >= 11 is 0. The molecule has 5 nitrogen and oxygen atoms in total. The minimum Gasteiger partial charge on any atom is -0.368 e. The summed E-state index contributed by atoms with van der Waals surface area (Å²) < 4.78 is 22.1. The van der Waals surface area contributed by atoms with Crippen LogP contribution in [0.3, 0.4) is 0 Å². The maximum atomic E-state index is 11.7. The lowest BCUT2D eigenvalue weighted by molar-refractivity contribution is -0.119. The van der Waals surface area contributed by atoms with Crippen LogP contribution in [0, 0.1) is 5.41 Å². The second-order valence-corrected chi connectivity index (χ2v) is 6.91. The molecule has 3 N–H and O–H groups in total. The number of amides is 1. The van der Waals surface area contributed by atoms with Gasteiger partial charge in [-0.05, 0) is 32.4 Å². The highest BCUT2D eigenvalue weighted by molar-refractivity contribution is 7.93. The maximum Gasteiger partial charge on any atom is 0.239 e. The van der Waals surface area contributed by atoms with Gasteiger partial charge in [-0.1, -0.05) is 0 Å². The highest BCUT2D eigenvalue weighted by Crippen LogP contribution is 2.65. The number of piperidine rings is 1. The molecule has 0 aromatic heterocycles. The van der Waals surface area contributed by atoms with Crippen molar-refractivity contribution in [2.24, 2.45) is 11.1 Å². The van der Waals surface area contributed by atoms with Crippen LogP contribution < -0.4 is 11.1 Å². The summed E-state index contributed by atoms with van der Waals surface area (Å²) in [5, 5.41) is 3.16. The molecule has 0 radical (unpaired) electrons. The van der Waals surface area contributed by atoms with E-state index in [1.165, 1.54) is 0 Å². The van der Waals surface area contributed by atoms with Crippen LogP contribution in [0.5, 0.6) is 0 Å². The van der Waals surface area contributed by atoms with Gasteiger partial charge in [-0.3, -0.25) is 4.79 Å². The SMILES string of the molecule is CS(=O)(=O)C1(C(N)=O)CC12CCNCC2. The van der Waals surface area contributed by atoms with Crippen LogP contribution in [-0.2, 0) is 14.6 Å². The zero-order valence-electron chi connectivity index (χ0n) is 8.75. The fraction of sp³-hybridized carbons (Fsp3) is 0.889. The van der Waals surface area contributed by atoms with Gasteiger partial charge in [0.1, 0.15) is 0 Å². The first kappa shape index (κ1) is 10.9. The fourth-order valence-corrected chi connectivity index (χ4v) is 4.87. The Labute approximate surface area is 89.3 Å². The second-order valence-electron chi connectivity index (χ2n) is 4.67. The third kappa shape index (κ3) is 1.24. The molecule has 1 spiro atoms. The van der Waals surface area contributed by atoms with E-state index in [9.17, 15) is 13.2 Å². The molecule has 1 aliphatic carbocycles. The molecule has 0 aromatic rings. The van der Waals surface area contributed by atoms with E-state index in [2.05, 4.69) is 5.32 Å². The van der Waals surface area contributed by atoms with Crippen LogP contribution in [0.25, 0.3) is 0 Å². The minimum atomic E-state index is -3.40. The second kappa shape index (κ2) is 2.95. The van der Waals surface area contributed by atoms with E-state index in [1.54, 1.807) is 0 Å². The molecular weight excluding hydrogens is 216 g/mol. The number of carbonyl (C=O) groups is 1. The maximum absolute atomic E-state index is 11.7. The smallest absolute Gasteiger partial charge is 0.239 e. The third-order valence-corrected chi connectivity index (χ3v) is 5.96. The third-order valence-electron chi connectivity index (χ3n) is 3.91. The summed E-state index contributed by atoms with van der Waals surface area (Å²) in [5.41, 5.74) is 4.91. The number of nitrogens with two attached hydrogens (primary N) is 1. The lowest BCUT2D eigenvalue weighted by Gasteiger charge is -2.26. The van der Waals surface area contributed by atoms with Crippen LogP contribution >= 0.6 is 0 Å². The molecule has 1 unspecified atom stereocenters. The lowest BCUT2D eigenvalue weighted by atomic mass is 9.91. The lowest BCUT2D eigenvalue weighted by Crippen LogP contribution is -2.45. The first-order valence-corrected chi connectivity index (χ1v) is 6.95. The van der Waals surface area contributed by atoms with Gasteiger partial charge in [-0.15, -0.1) is 0 Å². The molecule has 1 atom stereocenters. The van der Waals surface area contributed by atoms with E-state index < -0.39 is 20.5 Å². The molecule has 86 valence electrons. The summed E-state index contributed by atoms with van der Waals surface area (Å²) in [6, 6.07) is 0. The predicted molar refractivity (Wildman–Crippen MR) is 55.9 cm³/mol. The van der Waals surface area contributed by atoms with Crippen molar-refractivity contribution in [2.75, 3.05) is 19.3 Å². The molecule has 2 rings (SSSR count). The van der Waals surface area contributed by atoms with Crippen LogP contribution in [0.2, 0.25) is 0 Å².